The van der Waals surface area contributed by atoms with Crippen LogP contribution in [0.5, 0.6) is 0 Å². The molecule has 5 rings (SSSR count). The molecule has 1 amide bonds. The first-order valence-corrected chi connectivity index (χ1v) is 13.4. The van der Waals surface area contributed by atoms with Crippen LogP contribution in [0.15, 0.2) is 66.7 Å². The summed E-state index contributed by atoms with van der Waals surface area (Å²) >= 11 is 0. The Hall–Kier alpha value is -3.80. The number of amides is 1. The van der Waals surface area contributed by atoms with Crippen molar-refractivity contribution in [2.75, 3.05) is 23.9 Å². The fourth-order valence-electron chi connectivity index (χ4n) is 5.94. The van der Waals surface area contributed by atoms with Gasteiger partial charge in [-0.25, -0.2) is 8.78 Å². The topological polar surface area (TPSA) is 40.6 Å². The van der Waals surface area contributed by atoms with Crippen molar-refractivity contribution < 1.29 is 19.7 Å². The molecule has 4 atom stereocenters. The summed E-state index contributed by atoms with van der Waals surface area (Å²) in [7, 11) is 3.89. The average Bonchev–Trinajstić information content (AvgIpc) is 3.56. The molecule has 0 radical (unpaired) electrons. The second kappa shape index (κ2) is 11.1. The smallest absolute Gasteiger partial charge is 0.230 e. The lowest BCUT2D eigenvalue weighted by molar-refractivity contribution is -0.124. The van der Waals surface area contributed by atoms with Crippen molar-refractivity contribution in [3.63, 3.8) is 0 Å². The number of benzene rings is 3. The van der Waals surface area contributed by atoms with Gasteiger partial charge in [-0.2, -0.15) is 0 Å². The van der Waals surface area contributed by atoms with Gasteiger partial charge < -0.3 is 9.80 Å². The molecule has 0 unspecified atom stereocenters. The quantitative estimate of drug-likeness (QED) is 0.288. The van der Waals surface area contributed by atoms with Crippen LogP contribution in [-0.4, -0.2) is 25.8 Å². The molecule has 0 aromatic heterocycles. The van der Waals surface area contributed by atoms with E-state index in [9.17, 15) is 14.0 Å². The predicted molar refractivity (Wildman–Crippen MR) is 152 cm³/mol. The number of ketones is 1. The van der Waals surface area contributed by atoms with Crippen LogP contribution < -0.4 is 9.80 Å². The normalized spacial score (nSPS) is 21.2. The minimum Gasteiger partial charge on any atom is -0.378 e. The molecule has 202 valence electrons. The third kappa shape index (κ3) is 5.95. The minimum atomic E-state index is -1.41. The summed E-state index contributed by atoms with van der Waals surface area (Å²) in [6.45, 7) is -0.0203. The maximum absolute atomic E-state index is 15.6. The molecule has 2 fully saturated rings. The molecule has 2 aliphatic rings. The molecule has 3 aromatic rings. The Bertz CT molecular complexity index is 1450. The number of fused-ring (bicyclic) bond motifs is 2. The van der Waals surface area contributed by atoms with Crippen LogP contribution in [0.3, 0.4) is 0 Å². The van der Waals surface area contributed by atoms with E-state index in [2.05, 4.69) is 0 Å². The first-order chi connectivity index (χ1) is 19.1. The summed E-state index contributed by atoms with van der Waals surface area (Å²) < 4.78 is 39.5. The lowest BCUT2D eigenvalue weighted by Gasteiger charge is -2.30. The van der Waals surface area contributed by atoms with Gasteiger partial charge in [-0.1, -0.05) is 36.8 Å². The van der Waals surface area contributed by atoms with Gasteiger partial charge in [0.15, 0.2) is 5.78 Å². The van der Waals surface area contributed by atoms with Crippen molar-refractivity contribution in [1.82, 2.24) is 0 Å². The number of hydrogen-bond donors (Lipinski definition) is 0. The standard InChI is InChI=1S/C33H34F2N2O2/c1-21(38)4-5-23-15-28(34)19-30(16-23)37(33(39)31-17-22-6-7-26(31)14-22)20-27-9-8-25(18-32(27)35)24-10-12-29(13-11-24)36(2)3/h4-5,8-13,15-16,18-19,22,26,31H,6-7,14,17,20H2,1-3H3/b5-4+/t22-,26+,31+/m1/s1/i20D/t20-,22+,26-,31-/m0. The summed E-state index contributed by atoms with van der Waals surface area (Å²) in [6.07, 6.45) is 6.59. The summed E-state index contributed by atoms with van der Waals surface area (Å²) in [5, 5.41) is 0. The van der Waals surface area contributed by atoms with Crippen LogP contribution in [0, 0.1) is 29.4 Å². The Morgan fingerprint density at radius 1 is 0.949 bits per heavy atom. The Labute approximate surface area is 230 Å². The number of rotatable bonds is 8. The van der Waals surface area contributed by atoms with Crippen LogP contribution in [-0.2, 0) is 16.1 Å². The van der Waals surface area contributed by atoms with Gasteiger partial charge in [-0.05, 0) is 97.2 Å². The highest BCUT2D eigenvalue weighted by molar-refractivity contribution is 5.96. The number of halogens is 2. The summed E-state index contributed by atoms with van der Waals surface area (Å²) in [5.41, 5.74) is 3.12. The van der Waals surface area contributed by atoms with Crippen molar-refractivity contribution >= 4 is 29.1 Å². The van der Waals surface area contributed by atoms with Gasteiger partial charge in [0.1, 0.15) is 11.6 Å². The first kappa shape index (κ1) is 25.5. The van der Waals surface area contributed by atoms with Crippen molar-refractivity contribution in [2.45, 2.75) is 39.1 Å². The molecule has 2 saturated carbocycles. The Balaban J connectivity index is 1.51. The highest BCUT2D eigenvalue weighted by atomic mass is 19.1. The second-order valence-corrected chi connectivity index (χ2v) is 11.0. The lowest BCUT2D eigenvalue weighted by atomic mass is 9.87. The van der Waals surface area contributed by atoms with Gasteiger partial charge in [0, 0.05) is 37.0 Å². The molecule has 2 bridgehead atoms. The summed E-state index contributed by atoms with van der Waals surface area (Å²) in [5.74, 6) is -1.23. The van der Waals surface area contributed by atoms with Crippen molar-refractivity contribution in [1.29, 1.82) is 0 Å². The molecular weight excluding hydrogens is 494 g/mol. The van der Waals surface area contributed by atoms with E-state index in [0.717, 1.165) is 36.9 Å². The molecule has 0 aliphatic heterocycles. The molecule has 3 aromatic carbocycles. The van der Waals surface area contributed by atoms with Crippen LogP contribution in [0.2, 0.25) is 0 Å². The predicted octanol–water partition coefficient (Wildman–Crippen LogP) is 7.27. The van der Waals surface area contributed by atoms with Gasteiger partial charge >= 0.3 is 0 Å². The van der Waals surface area contributed by atoms with E-state index in [4.69, 9.17) is 1.37 Å². The molecule has 39 heavy (non-hydrogen) atoms. The van der Waals surface area contributed by atoms with Gasteiger partial charge in [-0.3, -0.25) is 9.59 Å². The maximum atomic E-state index is 15.6. The third-order valence-electron chi connectivity index (χ3n) is 7.97. The Kier molecular flexibility index (Phi) is 7.27. The molecule has 0 saturated heterocycles. The average molecular weight is 530 g/mol. The molecular formula is C33H34F2N2O2. The van der Waals surface area contributed by atoms with Crippen molar-refractivity contribution in [3.05, 3.63) is 89.5 Å². The highest BCUT2D eigenvalue weighted by Gasteiger charge is 2.44. The number of hydrogen-bond acceptors (Lipinski definition) is 3. The van der Waals surface area contributed by atoms with Gasteiger partial charge in [0.25, 0.3) is 0 Å². The van der Waals surface area contributed by atoms with E-state index >= 15 is 4.39 Å². The molecule has 0 spiro atoms. The van der Waals surface area contributed by atoms with Crippen LogP contribution in [0.25, 0.3) is 17.2 Å². The van der Waals surface area contributed by atoms with Crippen LogP contribution >= 0.6 is 0 Å². The van der Waals surface area contributed by atoms with E-state index in [1.54, 1.807) is 18.2 Å². The Morgan fingerprint density at radius 2 is 1.69 bits per heavy atom. The van der Waals surface area contributed by atoms with E-state index in [0.29, 0.717) is 17.0 Å². The fraction of sp³-hybridized carbons (Fsp3) is 0.333. The first-order valence-electron chi connectivity index (χ1n) is 14.0. The minimum absolute atomic E-state index is 0.0373. The summed E-state index contributed by atoms with van der Waals surface area (Å²) in [6, 6.07) is 16.4. The largest absolute Gasteiger partial charge is 0.378 e. The summed E-state index contributed by atoms with van der Waals surface area (Å²) in [4.78, 5) is 28.7. The maximum Gasteiger partial charge on any atom is 0.230 e. The Morgan fingerprint density at radius 3 is 2.31 bits per heavy atom. The van der Waals surface area contributed by atoms with Gasteiger partial charge in [0.2, 0.25) is 5.91 Å². The zero-order valence-corrected chi connectivity index (χ0v) is 22.5. The van der Waals surface area contributed by atoms with Crippen LogP contribution in [0.4, 0.5) is 20.2 Å². The van der Waals surface area contributed by atoms with Crippen molar-refractivity contribution in [3.8, 4) is 11.1 Å². The highest BCUT2D eigenvalue weighted by Crippen LogP contribution is 2.49. The number of anilines is 2. The van der Waals surface area contributed by atoms with Gasteiger partial charge in [-0.15, -0.1) is 0 Å². The van der Waals surface area contributed by atoms with E-state index in [-0.39, 0.29) is 34.8 Å². The zero-order valence-electron chi connectivity index (χ0n) is 23.5. The van der Waals surface area contributed by atoms with E-state index in [1.807, 2.05) is 43.3 Å². The van der Waals surface area contributed by atoms with E-state index in [1.165, 1.54) is 42.2 Å². The van der Waals surface area contributed by atoms with Crippen LogP contribution in [0.1, 0.15) is 45.1 Å². The molecule has 6 heteroatoms. The number of carbonyl (C=O) groups excluding carboxylic acids is 2. The SMILES string of the molecule is [2H][C@@H](c1ccc(-c2ccc(N(C)C)cc2)cc1F)N(C(=O)[C@H]1C[C@@H]2CC[C@H]1C2)c1cc(F)cc(/C=C/C(C)=O)c1. The monoisotopic (exact) mass is 529 g/mol. The molecule has 4 nitrogen and oxygen atoms in total. The third-order valence-corrected chi connectivity index (χ3v) is 7.97. The van der Waals surface area contributed by atoms with Gasteiger partial charge in [0.05, 0.1) is 7.89 Å². The number of carbonyl (C=O) groups is 2. The van der Waals surface area contributed by atoms with Crippen molar-refractivity contribution in [2.24, 2.45) is 17.8 Å². The number of nitrogens with zero attached hydrogens (tertiary/aromatic N) is 2. The zero-order chi connectivity index (χ0) is 28.6. The molecule has 0 N–H and O–H groups in total. The lowest BCUT2D eigenvalue weighted by Crippen LogP contribution is -2.38. The molecule has 2 aliphatic carbocycles. The second-order valence-electron chi connectivity index (χ2n) is 11.0. The molecule has 0 heterocycles. The number of allylic oxidation sites excluding steroid dienone is 1. The fourth-order valence-corrected chi connectivity index (χ4v) is 5.94. The van der Waals surface area contributed by atoms with E-state index < -0.39 is 18.2 Å².